The number of nitrogens with one attached hydrogen (secondary N) is 1. The highest BCUT2D eigenvalue weighted by Crippen LogP contribution is 2.06. The number of hydrogen-bond donors (Lipinski definition) is 1. The van der Waals surface area contributed by atoms with Gasteiger partial charge in [0, 0.05) is 6.54 Å². The van der Waals surface area contributed by atoms with Crippen molar-refractivity contribution in [1.29, 1.82) is 0 Å². The third-order valence-electron chi connectivity index (χ3n) is 2.04. The monoisotopic (exact) mass is 182 g/mol. The van der Waals surface area contributed by atoms with E-state index in [-0.39, 0.29) is 0 Å². The van der Waals surface area contributed by atoms with E-state index < -0.39 is 5.95 Å². The average Bonchev–Trinajstić information content (AvgIpc) is 2.14. The summed E-state index contributed by atoms with van der Waals surface area (Å²) in [5, 5.41) is 3.09. The second-order valence-corrected chi connectivity index (χ2v) is 3.24. The van der Waals surface area contributed by atoms with E-state index in [0.29, 0.717) is 11.7 Å². The van der Waals surface area contributed by atoms with Crippen LogP contribution in [0, 0.1) is 11.9 Å². The first kappa shape index (κ1) is 9.96. The minimum absolute atomic E-state index is 0.436. The fourth-order valence-corrected chi connectivity index (χ4v) is 0.930. The molecule has 0 aliphatic carbocycles. The predicted octanol–water partition coefficient (Wildman–Crippen LogP) is 2.68. The number of pyridine rings is 1. The quantitative estimate of drug-likeness (QED) is 0.724. The molecule has 0 aromatic carbocycles. The summed E-state index contributed by atoms with van der Waals surface area (Å²) in [6, 6.07) is 4.77. The van der Waals surface area contributed by atoms with E-state index in [1.807, 2.05) is 0 Å². The lowest BCUT2D eigenvalue weighted by atomic mass is 10.1. The highest BCUT2D eigenvalue weighted by Gasteiger charge is 1.99. The molecule has 13 heavy (non-hydrogen) atoms. The van der Waals surface area contributed by atoms with Crippen LogP contribution in [-0.4, -0.2) is 11.5 Å². The van der Waals surface area contributed by atoms with E-state index in [0.717, 1.165) is 13.0 Å². The first-order valence-corrected chi connectivity index (χ1v) is 4.58. The van der Waals surface area contributed by atoms with Crippen LogP contribution in [0.2, 0.25) is 0 Å². The Labute approximate surface area is 78.2 Å². The normalized spacial score (nSPS) is 12.5. The minimum atomic E-state index is -0.436. The molecular weight excluding hydrogens is 167 g/mol. The van der Waals surface area contributed by atoms with Crippen molar-refractivity contribution in [2.45, 2.75) is 20.3 Å². The molecule has 1 atom stereocenters. The second kappa shape index (κ2) is 4.80. The van der Waals surface area contributed by atoms with Gasteiger partial charge in [-0.15, -0.1) is 0 Å². The van der Waals surface area contributed by atoms with Crippen LogP contribution >= 0.6 is 0 Å². The summed E-state index contributed by atoms with van der Waals surface area (Å²) >= 11 is 0. The maximum Gasteiger partial charge on any atom is 0.214 e. The Balaban J connectivity index is 2.45. The molecule has 0 saturated heterocycles. The number of halogens is 1. The van der Waals surface area contributed by atoms with Crippen LogP contribution in [0.15, 0.2) is 18.2 Å². The number of nitrogens with zero attached hydrogens (tertiary/aromatic N) is 1. The van der Waals surface area contributed by atoms with Gasteiger partial charge < -0.3 is 5.32 Å². The summed E-state index contributed by atoms with van der Waals surface area (Å²) in [5.74, 6) is 0.763. The summed E-state index contributed by atoms with van der Waals surface area (Å²) in [7, 11) is 0. The van der Waals surface area contributed by atoms with Crippen LogP contribution in [0.25, 0.3) is 0 Å². The SMILES string of the molecule is CCC(C)CNc1cccc(F)n1. The molecule has 0 saturated carbocycles. The van der Waals surface area contributed by atoms with Crippen molar-refractivity contribution in [3.63, 3.8) is 0 Å². The van der Waals surface area contributed by atoms with Crippen LogP contribution in [-0.2, 0) is 0 Å². The summed E-state index contributed by atoms with van der Waals surface area (Å²) < 4.78 is 12.6. The highest BCUT2D eigenvalue weighted by molar-refractivity contribution is 5.33. The number of anilines is 1. The summed E-state index contributed by atoms with van der Waals surface area (Å²) in [6.45, 7) is 5.12. The highest BCUT2D eigenvalue weighted by atomic mass is 19.1. The van der Waals surface area contributed by atoms with Crippen LogP contribution in [0.3, 0.4) is 0 Å². The maximum absolute atomic E-state index is 12.6. The van der Waals surface area contributed by atoms with E-state index in [1.165, 1.54) is 6.07 Å². The van der Waals surface area contributed by atoms with Crippen molar-refractivity contribution in [3.8, 4) is 0 Å². The molecule has 2 nitrogen and oxygen atoms in total. The molecule has 1 heterocycles. The molecule has 1 aromatic rings. The Morgan fingerprint density at radius 1 is 1.54 bits per heavy atom. The average molecular weight is 182 g/mol. The smallest absolute Gasteiger partial charge is 0.214 e. The topological polar surface area (TPSA) is 24.9 Å². The van der Waals surface area contributed by atoms with E-state index in [4.69, 9.17) is 0 Å². The Morgan fingerprint density at radius 2 is 2.31 bits per heavy atom. The standard InChI is InChI=1S/C10H15FN2/c1-3-8(2)7-12-10-6-4-5-9(11)13-10/h4-6,8H,3,7H2,1-2H3,(H,12,13). The minimum Gasteiger partial charge on any atom is -0.370 e. The first-order valence-electron chi connectivity index (χ1n) is 4.58. The van der Waals surface area contributed by atoms with Gasteiger partial charge in [0.25, 0.3) is 0 Å². The summed E-state index contributed by atoms with van der Waals surface area (Å²) in [6.07, 6.45) is 1.11. The van der Waals surface area contributed by atoms with Crippen LogP contribution in [0.5, 0.6) is 0 Å². The van der Waals surface area contributed by atoms with E-state index >= 15 is 0 Å². The van der Waals surface area contributed by atoms with Gasteiger partial charge in [-0.05, 0) is 18.1 Å². The van der Waals surface area contributed by atoms with E-state index in [1.54, 1.807) is 12.1 Å². The molecule has 0 aliphatic heterocycles. The summed E-state index contributed by atoms with van der Waals surface area (Å²) in [5.41, 5.74) is 0. The Kier molecular flexibility index (Phi) is 3.68. The number of aromatic nitrogens is 1. The van der Waals surface area contributed by atoms with Crippen LogP contribution in [0.1, 0.15) is 20.3 Å². The van der Waals surface area contributed by atoms with Gasteiger partial charge in [-0.3, -0.25) is 0 Å². The third-order valence-corrected chi connectivity index (χ3v) is 2.04. The molecule has 72 valence electrons. The summed E-state index contributed by atoms with van der Waals surface area (Å²) in [4.78, 5) is 3.70. The molecule has 0 amide bonds. The molecule has 0 bridgehead atoms. The van der Waals surface area contributed by atoms with Crippen molar-refractivity contribution < 1.29 is 4.39 Å². The molecule has 0 radical (unpaired) electrons. The lowest BCUT2D eigenvalue weighted by Crippen LogP contribution is -2.11. The van der Waals surface area contributed by atoms with Crippen molar-refractivity contribution >= 4 is 5.82 Å². The maximum atomic E-state index is 12.6. The van der Waals surface area contributed by atoms with Crippen LogP contribution in [0.4, 0.5) is 10.2 Å². The molecule has 3 heteroatoms. The van der Waals surface area contributed by atoms with Gasteiger partial charge >= 0.3 is 0 Å². The molecule has 1 rings (SSSR count). The largest absolute Gasteiger partial charge is 0.370 e. The molecule has 0 spiro atoms. The molecular formula is C10H15FN2. The molecule has 0 aliphatic rings. The van der Waals surface area contributed by atoms with Gasteiger partial charge in [-0.25, -0.2) is 4.98 Å². The Morgan fingerprint density at radius 3 is 2.92 bits per heavy atom. The van der Waals surface area contributed by atoms with E-state index in [2.05, 4.69) is 24.1 Å². The Bertz CT molecular complexity index is 263. The van der Waals surface area contributed by atoms with Crippen molar-refractivity contribution in [3.05, 3.63) is 24.1 Å². The van der Waals surface area contributed by atoms with E-state index in [9.17, 15) is 4.39 Å². The number of hydrogen-bond acceptors (Lipinski definition) is 2. The molecule has 0 fully saturated rings. The van der Waals surface area contributed by atoms with Gasteiger partial charge in [-0.1, -0.05) is 26.3 Å². The van der Waals surface area contributed by atoms with Crippen molar-refractivity contribution in [2.24, 2.45) is 5.92 Å². The fourth-order valence-electron chi connectivity index (χ4n) is 0.930. The molecule has 1 unspecified atom stereocenters. The zero-order chi connectivity index (χ0) is 9.68. The van der Waals surface area contributed by atoms with Crippen molar-refractivity contribution in [1.82, 2.24) is 4.98 Å². The van der Waals surface area contributed by atoms with Crippen molar-refractivity contribution in [2.75, 3.05) is 11.9 Å². The zero-order valence-corrected chi connectivity index (χ0v) is 8.05. The third kappa shape index (κ3) is 3.40. The molecule has 1 aromatic heterocycles. The van der Waals surface area contributed by atoms with Gasteiger partial charge in [0.1, 0.15) is 5.82 Å². The molecule has 1 N–H and O–H groups in total. The van der Waals surface area contributed by atoms with Gasteiger partial charge in [0.15, 0.2) is 0 Å². The second-order valence-electron chi connectivity index (χ2n) is 3.24. The fraction of sp³-hybridized carbons (Fsp3) is 0.500. The van der Waals surface area contributed by atoms with Gasteiger partial charge in [0.2, 0.25) is 5.95 Å². The number of rotatable bonds is 4. The van der Waals surface area contributed by atoms with Crippen LogP contribution < -0.4 is 5.32 Å². The van der Waals surface area contributed by atoms with Gasteiger partial charge in [0.05, 0.1) is 0 Å². The predicted molar refractivity (Wildman–Crippen MR) is 52.1 cm³/mol. The van der Waals surface area contributed by atoms with Gasteiger partial charge in [-0.2, -0.15) is 4.39 Å². The Hall–Kier alpha value is -1.12. The first-order chi connectivity index (χ1) is 6.22. The zero-order valence-electron chi connectivity index (χ0n) is 8.05. The lowest BCUT2D eigenvalue weighted by Gasteiger charge is -2.09. The lowest BCUT2D eigenvalue weighted by molar-refractivity contribution is 0.576.